The molecule has 9 heteroatoms. The summed E-state index contributed by atoms with van der Waals surface area (Å²) in [7, 11) is 0. The molecule has 1 aromatic heterocycles. The van der Waals surface area contributed by atoms with E-state index in [1.54, 1.807) is 49.4 Å². The van der Waals surface area contributed by atoms with Crippen molar-refractivity contribution in [1.82, 2.24) is 4.57 Å². The number of carbonyl (C=O) groups excluding carboxylic acids is 2. The number of hydrogen-bond donors (Lipinski definition) is 1. The largest absolute Gasteiger partial charge is 0.493 e. The van der Waals surface area contributed by atoms with Crippen molar-refractivity contribution in [3.63, 3.8) is 0 Å². The maximum Gasteiger partial charge on any atom is 0.326 e. The van der Waals surface area contributed by atoms with Crippen LogP contribution in [0.2, 0.25) is 0 Å². The van der Waals surface area contributed by atoms with E-state index in [1.165, 1.54) is 4.57 Å². The molecule has 0 aliphatic carbocycles. The smallest absolute Gasteiger partial charge is 0.326 e. The molecule has 30 heavy (non-hydrogen) atoms. The molecule has 0 spiro atoms. The second kappa shape index (κ2) is 8.24. The number of amides is 1. The Morgan fingerprint density at radius 2 is 1.90 bits per heavy atom. The number of benzene rings is 2. The average molecular weight is 409 g/mol. The lowest BCUT2D eigenvalue weighted by Crippen LogP contribution is -2.15. The summed E-state index contributed by atoms with van der Waals surface area (Å²) in [4.78, 5) is 24.4. The Morgan fingerprint density at radius 1 is 1.13 bits per heavy atom. The molecular weight excluding hydrogens is 390 g/mol. The molecule has 0 atom stereocenters. The number of fused-ring (bicyclic) bond motifs is 2. The van der Waals surface area contributed by atoms with Gasteiger partial charge in [-0.25, -0.2) is 0 Å². The van der Waals surface area contributed by atoms with Crippen LogP contribution < -0.4 is 9.47 Å². The number of esters is 1. The standard InChI is InChI=1S/C21H19N3O6/c1-2-28-18(25)12-24-15-6-4-3-5-14(15)19(21(24)27)22-23-20(26)13-7-8-16-17(11-13)30-10-9-29-16/h3-8,11,27H,2,9-10,12H2,1H3. The van der Waals surface area contributed by atoms with E-state index in [4.69, 9.17) is 14.2 Å². The van der Waals surface area contributed by atoms with Crippen molar-refractivity contribution in [2.75, 3.05) is 19.8 Å². The van der Waals surface area contributed by atoms with Crippen LogP contribution in [0.5, 0.6) is 17.4 Å². The highest BCUT2D eigenvalue weighted by atomic mass is 16.6. The highest BCUT2D eigenvalue weighted by Gasteiger charge is 2.20. The average Bonchev–Trinajstić information content (AvgIpc) is 3.03. The first-order valence-electron chi connectivity index (χ1n) is 9.40. The first-order chi connectivity index (χ1) is 14.6. The summed E-state index contributed by atoms with van der Waals surface area (Å²) in [6, 6.07) is 11.7. The third-order valence-electron chi connectivity index (χ3n) is 4.54. The van der Waals surface area contributed by atoms with Gasteiger partial charge in [0, 0.05) is 10.9 Å². The van der Waals surface area contributed by atoms with Gasteiger partial charge in [0.25, 0.3) is 5.91 Å². The molecule has 0 bridgehead atoms. The number of rotatable bonds is 5. The van der Waals surface area contributed by atoms with Gasteiger partial charge in [-0.3, -0.25) is 14.2 Å². The van der Waals surface area contributed by atoms with E-state index < -0.39 is 11.9 Å². The summed E-state index contributed by atoms with van der Waals surface area (Å²) >= 11 is 0. The number of hydrogen-bond acceptors (Lipinski definition) is 7. The predicted molar refractivity (Wildman–Crippen MR) is 107 cm³/mol. The summed E-state index contributed by atoms with van der Waals surface area (Å²) < 4.78 is 17.2. The first kappa shape index (κ1) is 19.4. The van der Waals surface area contributed by atoms with Gasteiger partial charge >= 0.3 is 5.97 Å². The molecule has 1 amide bonds. The lowest BCUT2D eigenvalue weighted by molar-refractivity contribution is -0.143. The van der Waals surface area contributed by atoms with Gasteiger partial charge in [-0.2, -0.15) is 0 Å². The Morgan fingerprint density at radius 3 is 2.70 bits per heavy atom. The van der Waals surface area contributed by atoms with Crippen LogP contribution in [0.1, 0.15) is 17.3 Å². The minimum atomic E-state index is -0.603. The normalized spacial score (nSPS) is 13.0. The molecule has 0 unspecified atom stereocenters. The van der Waals surface area contributed by atoms with Crippen molar-refractivity contribution in [1.29, 1.82) is 0 Å². The molecule has 1 aliphatic heterocycles. The number of para-hydroxylation sites is 1. The maximum atomic E-state index is 12.5. The van der Waals surface area contributed by atoms with E-state index in [1.807, 2.05) is 0 Å². The Kier molecular flexibility index (Phi) is 5.34. The SMILES string of the molecule is CCOC(=O)Cn1c(O)c(N=NC(=O)c2ccc3c(c2)OCCO3)c2ccccc21. The van der Waals surface area contributed by atoms with E-state index in [0.717, 1.165) is 0 Å². The molecule has 1 N–H and O–H groups in total. The summed E-state index contributed by atoms with van der Waals surface area (Å²) in [5, 5.41) is 18.9. The van der Waals surface area contributed by atoms with Crippen molar-refractivity contribution in [2.45, 2.75) is 13.5 Å². The van der Waals surface area contributed by atoms with E-state index in [9.17, 15) is 14.7 Å². The van der Waals surface area contributed by atoms with Gasteiger partial charge in [0.05, 0.1) is 12.1 Å². The van der Waals surface area contributed by atoms with Crippen molar-refractivity contribution in [3.05, 3.63) is 48.0 Å². The van der Waals surface area contributed by atoms with E-state index in [0.29, 0.717) is 35.6 Å². The fraction of sp³-hybridized carbons (Fsp3) is 0.238. The molecule has 0 radical (unpaired) electrons. The highest BCUT2D eigenvalue weighted by Crippen LogP contribution is 2.39. The van der Waals surface area contributed by atoms with Crippen molar-refractivity contribution in [3.8, 4) is 17.4 Å². The molecule has 2 aromatic carbocycles. The maximum absolute atomic E-state index is 12.5. The quantitative estimate of drug-likeness (QED) is 0.509. The third kappa shape index (κ3) is 3.69. The first-order valence-corrected chi connectivity index (χ1v) is 9.40. The van der Waals surface area contributed by atoms with E-state index in [2.05, 4.69) is 10.2 Å². The van der Waals surface area contributed by atoms with Gasteiger partial charge in [-0.15, -0.1) is 10.2 Å². The number of ether oxygens (including phenoxy) is 3. The molecule has 0 fully saturated rings. The number of carbonyl (C=O) groups is 2. The Bertz CT molecular complexity index is 1150. The zero-order valence-electron chi connectivity index (χ0n) is 16.2. The molecule has 1 aliphatic rings. The van der Waals surface area contributed by atoms with Gasteiger partial charge < -0.3 is 19.3 Å². The van der Waals surface area contributed by atoms with Crippen LogP contribution in [0.15, 0.2) is 52.7 Å². The minimum Gasteiger partial charge on any atom is -0.493 e. The molecule has 4 rings (SSSR count). The Labute approximate surface area is 171 Å². The number of azo groups is 1. The number of nitrogens with zero attached hydrogens (tertiary/aromatic N) is 3. The van der Waals surface area contributed by atoms with Gasteiger partial charge in [0.2, 0.25) is 5.88 Å². The Hall–Kier alpha value is -3.88. The lowest BCUT2D eigenvalue weighted by atomic mass is 10.2. The van der Waals surface area contributed by atoms with Crippen LogP contribution in [0.4, 0.5) is 5.69 Å². The fourth-order valence-corrected chi connectivity index (χ4v) is 3.20. The van der Waals surface area contributed by atoms with Crippen LogP contribution >= 0.6 is 0 Å². The fourth-order valence-electron chi connectivity index (χ4n) is 3.20. The monoisotopic (exact) mass is 409 g/mol. The van der Waals surface area contributed by atoms with Crippen molar-refractivity contribution < 1.29 is 28.9 Å². The van der Waals surface area contributed by atoms with Crippen LogP contribution in [0.25, 0.3) is 10.9 Å². The third-order valence-corrected chi connectivity index (χ3v) is 4.54. The summed E-state index contributed by atoms with van der Waals surface area (Å²) in [5.74, 6) is -0.341. The van der Waals surface area contributed by atoms with E-state index in [-0.39, 0.29) is 30.3 Å². The zero-order chi connectivity index (χ0) is 21.1. The summed E-state index contributed by atoms with van der Waals surface area (Å²) in [6.45, 7) is 2.60. The zero-order valence-corrected chi connectivity index (χ0v) is 16.2. The van der Waals surface area contributed by atoms with Crippen molar-refractivity contribution >= 4 is 28.5 Å². The predicted octanol–water partition coefficient (Wildman–Crippen LogP) is 3.61. The lowest BCUT2D eigenvalue weighted by Gasteiger charge is -2.18. The van der Waals surface area contributed by atoms with E-state index >= 15 is 0 Å². The summed E-state index contributed by atoms with van der Waals surface area (Å²) in [5.41, 5.74) is 0.947. The highest BCUT2D eigenvalue weighted by molar-refractivity contribution is 5.98. The minimum absolute atomic E-state index is 0.0980. The molecule has 0 saturated heterocycles. The van der Waals surface area contributed by atoms with Crippen molar-refractivity contribution in [2.24, 2.45) is 10.2 Å². The molecule has 154 valence electrons. The molecule has 3 aromatic rings. The molecule has 2 heterocycles. The molecular formula is C21H19N3O6. The van der Waals surface area contributed by atoms with Gasteiger partial charge in [-0.1, -0.05) is 18.2 Å². The van der Waals surface area contributed by atoms with Gasteiger partial charge in [0.15, 0.2) is 17.2 Å². The van der Waals surface area contributed by atoms with Gasteiger partial charge in [-0.05, 0) is 31.2 Å². The number of aromatic nitrogens is 1. The number of aromatic hydroxyl groups is 1. The van der Waals surface area contributed by atoms with Crippen LogP contribution in [0, 0.1) is 0 Å². The molecule has 9 nitrogen and oxygen atoms in total. The Balaban J connectivity index is 1.65. The second-order valence-electron chi connectivity index (χ2n) is 6.44. The second-order valence-corrected chi connectivity index (χ2v) is 6.44. The van der Waals surface area contributed by atoms with Crippen LogP contribution in [-0.2, 0) is 16.1 Å². The molecule has 0 saturated carbocycles. The van der Waals surface area contributed by atoms with Crippen LogP contribution in [0.3, 0.4) is 0 Å². The summed E-state index contributed by atoms with van der Waals surface area (Å²) in [6.07, 6.45) is 0. The van der Waals surface area contributed by atoms with Crippen LogP contribution in [-0.4, -0.2) is 41.4 Å². The van der Waals surface area contributed by atoms with Gasteiger partial charge in [0.1, 0.15) is 19.8 Å². The topological polar surface area (TPSA) is 112 Å².